The maximum atomic E-state index is 8.98. The Bertz CT molecular complexity index is 598. The van der Waals surface area contributed by atoms with Gasteiger partial charge < -0.3 is 4.74 Å². The van der Waals surface area contributed by atoms with Crippen LogP contribution in [-0.4, -0.2) is 9.78 Å². The van der Waals surface area contributed by atoms with E-state index in [0.29, 0.717) is 22.2 Å². The quantitative estimate of drug-likeness (QED) is 0.820. The number of nitriles is 1. The molecule has 0 saturated carbocycles. The Morgan fingerprint density at radius 3 is 2.76 bits per heavy atom. The fraction of sp³-hybridized carbons (Fsp3) is 0.167. The molecule has 0 atom stereocenters. The molecule has 0 aliphatic rings. The molecule has 0 bridgehead atoms. The molecule has 0 unspecified atom stereocenters. The van der Waals surface area contributed by atoms with Crippen LogP contribution in [-0.2, 0) is 7.05 Å². The van der Waals surface area contributed by atoms with Gasteiger partial charge in [0.15, 0.2) is 0 Å². The van der Waals surface area contributed by atoms with E-state index in [1.807, 2.05) is 13.0 Å². The number of halogens is 1. The van der Waals surface area contributed by atoms with Crippen molar-refractivity contribution in [1.29, 1.82) is 5.26 Å². The number of ether oxygens (including phenoxy) is 1. The van der Waals surface area contributed by atoms with Crippen LogP contribution in [0.4, 0.5) is 0 Å². The molecular weight excluding hydrogens is 238 g/mol. The first-order valence-corrected chi connectivity index (χ1v) is 5.36. The van der Waals surface area contributed by atoms with Gasteiger partial charge in [-0.05, 0) is 25.1 Å². The molecule has 2 aromatic rings. The van der Waals surface area contributed by atoms with E-state index in [-0.39, 0.29) is 0 Å². The summed E-state index contributed by atoms with van der Waals surface area (Å²) in [5, 5.41) is 13.7. The maximum Gasteiger partial charge on any atom is 0.217 e. The van der Waals surface area contributed by atoms with Crippen LogP contribution >= 0.6 is 11.6 Å². The van der Waals surface area contributed by atoms with Gasteiger partial charge in [0.05, 0.1) is 11.3 Å². The molecule has 0 aliphatic carbocycles. The number of rotatable bonds is 2. The minimum atomic E-state index is 0.399. The topological polar surface area (TPSA) is 50.8 Å². The van der Waals surface area contributed by atoms with Crippen molar-refractivity contribution in [2.75, 3.05) is 0 Å². The minimum absolute atomic E-state index is 0.399. The second-order valence-corrected chi connectivity index (χ2v) is 4.04. The van der Waals surface area contributed by atoms with Gasteiger partial charge in [0.1, 0.15) is 11.8 Å². The summed E-state index contributed by atoms with van der Waals surface area (Å²) in [5.74, 6) is 1.06. The molecule has 86 valence electrons. The Balaban J connectivity index is 2.37. The zero-order valence-electron chi connectivity index (χ0n) is 9.44. The van der Waals surface area contributed by atoms with Gasteiger partial charge in [0.2, 0.25) is 5.88 Å². The van der Waals surface area contributed by atoms with Crippen molar-refractivity contribution >= 4 is 11.6 Å². The van der Waals surface area contributed by atoms with Crippen LogP contribution < -0.4 is 4.74 Å². The molecule has 1 aromatic carbocycles. The standard InChI is InChI=1S/C12H10ClN3O/c1-8-5-12(16(2)15-8)17-11-4-3-10(13)6-9(11)7-14/h3-6H,1-2H3. The predicted octanol–water partition coefficient (Wildman–Crippen LogP) is 3.05. The Kier molecular flexibility index (Phi) is 3.03. The van der Waals surface area contributed by atoms with Crippen molar-refractivity contribution in [3.05, 3.63) is 40.5 Å². The van der Waals surface area contributed by atoms with Crippen molar-refractivity contribution in [2.45, 2.75) is 6.92 Å². The lowest BCUT2D eigenvalue weighted by molar-refractivity contribution is 0.429. The summed E-state index contributed by atoms with van der Waals surface area (Å²) >= 11 is 5.81. The lowest BCUT2D eigenvalue weighted by atomic mass is 10.2. The highest BCUT2D eigenvalue weighted by Crippen LogP contribution is 2.27. The minimum Gasteiger partial charge on any atom is -0.438 e. The normalized spacial score (nSPS) is 10.0. The van der Waals surface area contributed by atoms with Crippen molar-refractivity contribution < 1.29 is 4.74 Å². The van der Waals surface area contributed by atoms with E-state index in [4.69, 9.17) is 21.6 Å². The number of aromatic nitrogens is 2. The van der Waals surface area contributed by atoms with E-state index in [1.165, 1.54) is 0 Å². The zero-order valence-corrected chi connectivity index (χ0v) is 10.2. The van der Waals surface area contributed by atoms with Gasteiger partial charge in [0, 0.05) is 18.1 Å². The molecule has 1 heterocycles. The third-order valence-electron chi connectivity index (χ3n) is 2.24. The molecule has 0 spiro atoms. The van der Waals surface area contributed by atoms with Crippen molar-refractivity contribution in [3.8, 4) is 17.7 Å². The highest BCUT2D eigenvalue weighted by molar-refractivity contribution is 6.30. The highest BCUT2D eigenvalue weighted by atomic mass is 35.5. The number of hydrogen-bond acceptors (Lipinski definition) is 3. The van der Waals surface area contributed by atoms with Crippen molar-refractivity contribution in [1.82, 2.24) is 9.78 Å². The fourth-order valence-corrected chi connectivity index (χ4v) is 1.65. The van der Waals surface area contributed by atoms with Crippen molar-refractivity contribution in [2.24, 2.45) is 7.05 Å². The van der Waals surface area contributed by atoms with Crippen LogP contribution in [0.15, 0.2) is 24.3 Å². The molecule has 0 radical (unpaired) electrons. The molecule has 0 saturated heterocycles. The van der Waals surface area contributed by atoms with Crippen LogP contribution in [0.2, 0.25) is 5.02 Å². The average molecular weight is 248 g/mol. The van der Waals surface area contributed by atoms with Crippen molar-refractivity contribution in [3.63, 3.8) is 0 Å². The van der Waals surface area contributed by atoms with E-state index in [1.54, 1.807) is 36.0 Å². The molecular formula is C12H10ClN3O. The van der Waals surface area contributed by atoms with Gasteiger partial charge in [-0.1, -0.05) is 11.6 Å². The first kappa shape index (κ1) is 11.5. The van der Waals surface area contributed by atoms with E-state index in [9.17, 15) is 0 Å². The Hall–Kier alpha value is -1.99. The fourth-order valence-electron chi connectivity index (χ4n) is 1.47. The van der Waals surface area contributed by atoms with Gasteiger partial charge in [0.25, 0.3) is 0 Å². The number of benzene rings is 1. The monoisotopic (exact) mass is 247 g/mol. The van der Waals surface area contributed by atoms with Gasteiger partial charge in [-0.25, -0.2) is 4.68 Å². The summed E-state index contributed by atoms with van der Waals surface area (Å²) in [4.78, 5) is 0. The Morgan fingerprint density at radius 2 is 2.18 bits per heavy atom. The molecule has 0 N–H and O–H groups in total. The van der Waals surface area contributed by atoms with Gasteiger partial charge in [-0.15, -0.1) is 0 Å². The Labute approximate surface area is 104 Å². The molecule has 0 amide bonds. The first-order chi connectivity index (χ1) is 8.10. The SMILES string of the molecule is Cc1cc(Oc2ccc(Cl)cc2C#N)n(C)n1. The summed E-state index contributed by atoms with van der Waals surface area (Å²) in [6.45, 7) is 1.87. The summed E-state index contributed by atoms with van der Waals surface area (Å²) in [7, 11) is 1.78. The van der Waals surface area contributed by atoms with Gasteiger partial charge in [-0.3, -0.25) is 0 Å². The van der Waals surface area contributed by atoms with Gasteiger partial charge in [-0.2, -0.15) is 10.4 Å². The second kappa shape index (κ2) is 4.48. The van der Waals surface area contributed by atoms with Crippen LogP contribution in [0.5, 0.6) is 11.6 Å². The van der Waals surface area contributed by atoms with Gasteiger partial charge >= 0.3 is 0 Å². The lowest BCUT2D eigenvalue weighted by Gasteiger charge is -2.06. The van der Waals surface area contributed by atoms with E-state index < -0.39 is 0 Å². The molecule has 2 rings (SSSR count). The molecule has 0 aliphatic heterocycles. The third kappa shape index (κ3) is 2.40. The first-order valence-electron chi connectivity index (χ1n) is 4.98. The zero-order chi connectivity index (χ0) is 12.4. The second-order valence-electron chi connectivity index (χ2n) is 3.60. The van der Waals surface area contributed by atoms with Crippen LogP contribution in [0.1, 0.15) is 11.3 Å². The summed E-state index contributed by atoms with van der Waals surface area (Å²) in [6, 6.07) is 8.77. The van der Waals surface area contributed by atoms with Crippen LogP contribution in [0, 0.1) is 18.3 Å². The summed E-state index contributed by atoms with van der Waals surface area (Å²) in [6.07, 6.45) is 0. The largest absolute Gasteiger partial charge is 0.438 e. The number of nitrogens with zero attached hydrogens (tertiary/aromatic N) is 3. The van der Waals surface area contributed by atoms with Crippen LogP contribution in [0.3, 0.4) is 0 Å². The third-order valence-corrected chi connectivity index (χ3v) is 2.47. The number of hydrogen-bond donors (Lipinski definition) is 0. The number of aryl methyl sites for hydroxylation is 2. The highest BCUT2D eigenvalue weighted by Gasteiger charge is 2.09. The van der Waals surface area contributed by atoms with E-state index >= 15 is 0 Å². The molecule has 1 aromatic heterocycles. The Morgan fingerprint density at radius 1 is 1.41 bits per heavy atom. The summed E-state index contributed by atoms with van der Waals surface area (Å²) < 4.78 is 7.24. The molecule has 17 heavy (non-hydrogen) atoms. The molecule has 0 fully saturated rings. The smallest absolute Gasteiger partial charge is 0.217 e. The van der Waals surface area contributed by atoms with Crippen LogP contribution in [0.25, 0.3) is 0 Å². The average Bonchev–Trinajstić information content (AvgIpc) is 2.60. The predicted molar refractivity (Wildman–Crippen MR) is 64.2 cm³/mol. The maximum absolute atomic E-state index is 8.98. The van der Waals surface area contributed by atoms with E-state index in [0.717, 1.165) is 5.69 Å². The summed E-state index contributed by atoms with van der Waals surface area (Å²) in [5.41, 5.74) is 1.26. The lowest BCUT2D eigenvalue weighted by Crippen LogP contribution is -1.96. The van der Waals surface area contributed by atoms with E-state index in [2.05, 4.69) is 5.10 Å². The molecule has 4 nitrogen and oxygen atoms in total. The molecule has 5 heteroatoms.